The van der Waals surface area contributed by atoms with E-state index in [2.05, 4.69) is 4.98 Å². The summed E-state index contributed by atoms with van der Waals surface area (Å²) in [7, 11) is 0. The van der Waals surface area contributed by atoms with Gasteiger partial charge in [0.1, 0.15) is 11.9 Å². The fraction of sp³-hybridized carbons (Fsp3) is 0.400. The van der Waals surface area contributed by atoms with Crippen molar-refractivity contribution < 1.29 is 19.0 Å². The molecule has 1 aromatic heterocycles. The van der Waals surface area contributed by atoms with Crippen LogP contribution in [-0.2, 0) is 0 Å². The van der Waals surface area contributed by atoms with Crippen LogP contribution in [0.5, 0.6) is 5.88 Å². The predicted molar refractivity (Wildman–Crippen MR) is 52.8 cm³/mol. The van der Waals surface area contributed by atoms with E-state index in [0.29, 0.717) is 25.4 Å². The Bertz CT molecular complexity index is 382. The standard InChI is InChI=1S/C10H11FN2O3/c11-7-1-2-9(12-5-7)16-8-3-4-13(6-8)10(14)15/h1-2,5,8H,3-4,6H2,(H,14,15). The Labute approximate surface area is 91.5 Å². The van der Waals surface area contributed by atoms with E-state index >= 15 is 0 Å². The molecular formula is C10H11FN2O3. The number of nitrogens with zero attached hydrogens (tertiary/aromatic N) is 2. The fourth-order valence-corrected chi connectivity index (χ4v) is 1.60. The Morgan fingerprint density at radius 2 is 2.44 bits per heavy atom. The third-order valence-corrected chi connectivity index (χ3v) is 2.40. The molecule has 1 fully saturated rings. The third-order valence-electron chi connectivity index (χ3n) is 2.40. The van der Waals surface area contributed by atoms with Crippen molar-refractivity contribution in [2.24, 2.45) is 0 Å². The number of ether oxygens (including phenoxy) is 1. The van der Waals surface area contributed by atoms with Gasteiger partial charge in [0.15, 0.2) is 0 Å². The van der Waals surface area contributed by atoms with Gasteiger partial charge in [0.2, 0.25) is 5.88 Å². The lowest BCUT2D eigenvalue weighted by Gasteiger charge is -2.13. The Morgan fingerprint density at radius 1 is 1.62 bits per heavy atom. The highest BCUT2D eigenvalue weighted by atomic mass is 19.1. The fourth-order valence-electron chi connectivity index (χ4n) is 1.60. The van der Waals surface area contributed by atoms with E-state index in [1.54, 1.807) is 0 Å². The molecule has 1 atom stereocenters. The second kappa shape index (κ2) is 4.34. The van der Waals surface area contributed by atoms with Gasteiger partial charge in [-0.1, -0.05) is 0 Å². The normalized spacial score (nSPS) is 19.8. The van der Waals surface area contributed by atoms with Crippen LogP contribution in [-0.4, -0.2) is 40.3 Å². The highest BCUT2D eigenvalue weighted by molar-refractivity contribution is 5.65. The summed E-state index contributed by atoms with van der Waals surface area (Å²) in [5.41, 5.74) is 0. The third kappa shape index (κ3) is 2.39. The molecule has 1 saturated heterocycles. The lowest BCUT2D eigenvalue weighted by Crippen LogP contribution is -2.29. The first-order valence-electron chi connectivity index (χ1n) is 4.91. The maximum Gasteiger partial charge on any atom is 0.407 e. The average molecular weight is 226 g/mol. The van der Waals surface area contributed by atoms with Gasteiger partial charge in [-0.25, -0.2) is 14.2 Å². The highest BCUT2D eigenvalue weighted by Crippen LogP contribution is 2.16. The molecule has 0 bridgehead atoms. The van der Waals surface area contributed by atoms with Gasteiger partial charge in [0.25, 0.3) is 0 Å². The van der Waals surface area contributed by atoms with Crippen LogP contribution in [0.3, 0.4) is 0 Å². The molecule has 5 nitrogen and oxygen atoms in total. The van der Waals surface area contributed by atoms with E-state index in [0.717, 1.165) is 6.20 Å². The second-order valence-corrected chi connectivity index (χ2v) is 3.57. The molecule has 1 aliphatic heterocycles. The average Bonchev–Trinajstić information content (AvgIpc) is 2.70. The number of amides is 1. The summed E-state index contributed by atoms with van der Waals surface area (Å²) in [5, 5.41) is 8.74. The number of carboxylic acid groups (broad SMARTS) is 1. The molecule has 1 unspecified atom stereocenters. The number of likely N-dealkylation sites (tertiary alicyclic amines) is 1. The van der Waals surface area contributed by atoms with Crippen molar-refractivity contribution in [2.45, 2.75) is 12.5 Å². The number of hydrogen-bond donors (Lipinski definition) is 1. The first-order valence-corrected chi connectivity index (χ1v) is 4.91. The second-order valence-electron chi connectivity index (χ2n) is 3.57. The van der Waals surface area contributed by atoms with E-state index in [4.69, 9.17) is 9.84 Å². The SMILES string of the molecule is O=C(O)N1CCC(Oc2ccc(F)cn2)C1. The molecule has 0 spiro atoms. The van der Waals surface area contributed by atoms with E-state index in [-0.39, 0.29) is 6.10 Å². The van der Waals surface area contributed by atoms with E-state index in [9.17, 15) is 9.18 Å². The Hall–Kier alpha value is -1.85. The van der Waals surface area contributed by atoms with Crippen molar-refractivity contribution in [3.8, 4) is 5.88 Å². The van der Waals surface area contributed by atoms with Crippen LogP contribution >= 0.6 is 0 Å². The molecule has 86 valence electrons. The molecule has 6 heteroatoms. The van der Waals surface area contributed by atoms with Crippen molar-refractivity contribution >= 4 is 6.09 Å². The Balaban J connectivity index is 1.92. The molecule has 0 aromatic carbocycles. The van der Waals surface area contributed by atoms with Gasteiger partial charge in [-0.2, -0.15) is 0 Å². The molecule has 1 aromatic rings. The summed E-state index contributed by atoms with van der Waals surface area (Å²) < 4.78 is 18.0. The zero-order valence-corrected chi connectivity index (χ0v) is 8.47. The molecule has 16 heavy (non-hydrogen) atoms. The van der Waals surface area contributed by atoms with Crippen molar-refractivity contribution in [1.29, 1.82) is 0 Å². The zero-order chi connectivity index (χ0) is 11.5. The van der Waals surface area contributed by atoms with Gasteiger partial charge in [0.05, 0.1) is 12.7 Å². The zero-order valence-electron chi connectivity index (χ0n) is 8.47. The van der Waals surface area contributed by atoms with Crippen molar-refractivity contribution in [2.75, 3.05) is 13.1 Å². The summed E-state index contributed by atoms with van der Waals surface area (Å²) in [6.07, 6.45) is 0.553. The van der Waals surface area contributed by atoms with Crippen molar-refractivity contribution in [3.63, 3.8) is 0 Å². The minimum absolute atomic E-state index is 0.200. The largest absolute Gasteiger partial charge is 0.472 e. The first kappa shape index (κ1) is 10.7. The van der Waals surface area contributed by atoms with Crippen LogP contribution in [0.15, 0.2) is 18.3 Å². The lowest BCUT2D eigenvalue weighted by atomic mass is 10.3. The van der Waals surface area contributed by atoms with Gasteiger partial charge < -0.3 is 14.7 Å². The molecule has 1 amide bonds. The van der Waals surface area contributed by atoms with Gasteiger partial charge in [-0.15, -0.1) is 0 Å². The minimum Gasteiger partial charge on any atom is -0.472 e. The van der Waals surface area contributed by atoms with Crippen LogP contribution in [0, 0.1) is 5.82 Å². The van der Waals surface area contributed by atoms with E-state index in [1.807, 2.05) is 0 Å². The Morgan fingerprint density at radius 3 is 3.00 bits per heavy atom. The van der Waals surface area contributed by atoms with Crippen LogP contribution in [0.4, 0.5) is 9.18 Å². The van der Waals surface area contributed by atoms with Crippen LogP contribution in [0.25, 0.3) is 0 Å². The minimum atomic E-state index is -0.946. The molecule has 1 N–H and O–H groups in total. The highest BCUT2D eigenvalue weighted by Gasteiger charge is 2.27. The first-order chi connectivity index (χ1) is 7.65. The maximum atomic E-state index is 12.6. The summed E-state index contributed by atoms with van der Waals surface area (Å²) in [4.78, 5) is 15.7. The molecule has 0 radical (unpaired) electrons. The smallest absolute Gasteiger partial charge is 0.407 e. The van der Waals surface area contributed by atoms with Gasteiger partial charge >= 0.3 is 6.09 Å². The lowest BCUT2D eigenvalue weighted by molar-refractivity contribution is 0.144. The number of pyridine rings is 1. The number of hydrogen-bond acceptors (Lipinski definition) is 3. The van der Waals surface area contributed by atoms with Gasteiger partial charge in [-0.3, -0.25) is 0 Å². The molecule has 0 saturated carbocycles. The van der Waals surface area contributed by atoms with Crippen LogP contribution < -0.4 is 4.74 Å². The van der Waals surface area contributed by atoms with Crippen LogP contribution in [0.2, 0.25) is 0 Å². The molecule has 2 heterocycles. The van der Waals surface area contributed by atoms with E-state index < -0.39 is 11.9 Å². The molecular weight excluding hydrogens is 215 g/mol. The number of aromatic nitrogens is 1. The molecule has 2 rings (SSSR count). The summed E-state index contributed by atoms with van der Waals surface area (Å²) in [6, 6.07) is 2.69. The summed E-state index contributed by atoms with van der Waals surface area (Å²) >= 11 is 0. The molecule has 0 aliphatic carbocycles. The number of halogens is 1. The topological polar surface area (TPSA) is 62.7 Å². The van der Waals surface area contributed by atoms with Crippen molar-refractivity contribution in [3.05, 3.63) is 24.1 Å². The number of carbonyl (C=O) groups is 1. The Kier molecular flexibility index (Phi) is 2.89. The molecule has 1 aliphatic rings. The van der Waals surface area contributed by atoms with Crippen molar-refractivity contribution in [1.82, 2.24) is 9.88 Å². The maximum absolute atomic E-state index is 12.6. The van der Waals surface area contributed by atoms with Crippen LogP contribution in [0.1, 0.15) is 6.42 Å². The van der Waals surface area contributed by atoms with Gasteiger partial charge in [0, 0.05) is 19.0 Å². The quantitative estimate of drug-likeness (QED) is 0.826. The van der Waals surface area contributed by atoms with Gasteiger partial charge in [-0.05, 0) is 6.07 Å². The van der Waals surface area contributed by atoms with E-state index in [1.165, 1.54) is 17.0 Å². The summed E-state index contributed by atoms with van der Waals surface area (Å²) in [6.45, 7) is 0.787. The number of rotatable bonds is 2. The monoisotopic (exact) mass is 226 g/mol. The predicted octanol–water partition coefficient (Wildman–Crippen LogP) is 1.35. The summed E-state index contributed by atoms with van der Waals surface area (Å²) in [5.74, 6) is -0.107.